The van der Waals surface area contributed by atoms with E-state index in [-0.39, 0.29) is 23.5 Å². The van der Waals surface area contributed by atoms with Crippen molar-refractivity contribution in [3.8, 4) is 0 Å². The van der Waals surface area contributed by atoms with Crippen molar-refractivity contribution < 1.29 is 22.7 Å². The molecule has 3 rings (SSSR count). The summed E-state index contributed by atoms with van der Waals surface area (Å²) in [6.45, 7) is 6.04. The highest BCUT2D eigenvalue weighted by molar-refractivity contribution is 7.93. The maximum Gasteiger partial charge on any atom is 0.328 e. The number of sulfone groups is 1. The number of esters is 1. The van der Waals surface area contributed by atoms with E-state index in [0.29, 0.717) is 18.4 Å². The van der Waals surface area contributed by atoms with Gasteiger partial charge in [0.25, 0.3) is 0 Å². The summed E-state index contributed by atoms with van der Waals surface area (Å²) < 4.78 is 32.2. The van der Waals surface area contributed by atoms with E-state index in [1.807, 2.05) is 25.3 Å². The van der Waals surface area contributed by atoms with Crippen LogP contribution in [0.4, 0.5) is 0 Å². The Morgan fingerprint density at radius 2 is 1.72 bits per heavy atom. The topological polar surface area (TPSA) is 82.4 Å². The van der Waals surface area contributed by atoms with E-state index >= 15 is 0 Å². The molecule has 0 saturated heterocycles. The molecule has 1 aromatic heterocycles. The lowest BCUT2D eigenvalue weighted by Crippen LogP contribution is -2.45. The van der Waals surface area contributed by atoms with Gasteiger partial charge in [-0.15, -0.1) is 0 Å². The number of benzene rings is 1. The van der Waals surface area contributed by atoms with E-state index in [1.165, 1.54) is 12.1 Å². The number of ketones is 1. The largest absolute Gasteiger partial charge is 0.456 e. The van der Waals surface area contributed by atoms with Crippen molar-refractivity contribution in [1.29, 1.82) is 0 Å². The zero-order chi connectivity index (χ0) is 21.2. The quantitative estimate of drug-likeness (QED) is 0.507. The molecular formula is C22H27NO5S. The average Bonchev–Trinajstić information content (AvgIpc) is 3.32. The minimum Gasteiger partial charge on any atom is -0.456 e. The van der Waals surface area contributed by atoms with Crippen molar-refractivity contribution in [2.75, 3.05) is 6.61 Å². The Morgan fingerprint density at radius 1 is 1.10 bits per heavy atom. The second-order valence-corrected chi connectivity index (χ2v) is 9.81. The number of hydrogen-bond donors (Lipinski definition) is 0. The summed E-state index contributed by atoms with van der Waals surface area (Å²) in [6, 6.07) is 9.76. The van der Waals surface area contributed by atoms with Gasteiger partial charge >= 0.3 is 5.97 Å². The minimum atomic E-state index is -3.92. The van der Waals surface area contributed by atoms with Crippen LogP contribution in [0.25, 0.3) is 0 Å². The molecule has 1 heterocycles. The molecule has 156 valence electrons. The molecule has 1 saturated carbocycles. The van der Waals surface area contributed by atoms with Crippen LogP contribution in [0.5, 0.6) is 0 Å². The fourth-order valence-electron chi connectivity index (χ4n) is 4.26. The maximum atomic E-state index is 13.3. The molecule has 1 aliphatic carbocycles. The number of ether oxygens (including phenoxy) is 1. The predicted molar refractivity (Wildman–Crippen MR) is 110 cm³/mol. The molecule has 7 heteroatoms. The molecule has 0 unspecified atom stereocenters. The summed E-state index contributed by atoms with van der Waals surface area (Å²) >= 11 is 0. The first-order valence-corrected chi connectivity index (χ1v) is 11.4. The Balaban J connectivity index is 1.82. The molecule has 0 spiro atoms. The molecule has 6 nitrogen and oxygen atoms in total. The third kappa shape index (κ3) is 3.64. The van der Waals surface area contributed by atoms with Gasteiger partial charge < -0.3 is 9.30 Å². The zero-order valence-corrected chi connectivity index (χ0v) is 17.9. The van der Waals surface area contributed by atoms with Gasteiger partial charge in [0.05, 0.1) is 4.90 Å². The highest BCUT2D eigenvalue weighted by atomic mass is 32.2. The Hall–Kier alpha value is -2.41. The van der Waals surface area contributed by atoms with Gasteiger partial charge in [0.15, 0.2) is 21.2 Å². The van der Waals surface area contributed by atoms with Gasteiger partial charge in [-0.25, -0.2) is 8.42 Å². The summed E-state index contributed by atoms with van der Waals surface area (Å²) in [6.07, 6.45) is 1.68. The number of rotatable bonds is 7. The van der Waals surface area contributed by atoms with Crippen LogP contribution < -0.4 is 0 Å². The van der Waals surface area contributed by atoms with Crippen LogP contribution in [-0.2, 0) is 25.9 Å². The number of carbonyl (C=O) groups excluding carboxylic acids is 2. The molecule has 0 amide bonds. The molecule has 1 fully saturated rings. The first-order chi connectivity index (χ1) is 13.7. The Morgan fingerprint density at radius 3 is 2.28 bits per heavy atom. The molecule has 2 aromatic rings. The summed E-state index contributed by atoms with van der Waals surface area (Å²) in [5.74, 6) is -1.15. The number of hydrogen-bond acceptors (Lipinski definition) is 5. The standard InChI is InChI=1S/C22H27NO5S/c1-4-23-16(2)14-19(17(23)3)20(24)15-28-21(25)22(12-8-9-13-22)29(26,27)18-10-6-5-7-11-18/h5-7,10-11,14H,4,8-9,12-13,15H2,1-3H3. The lowest BCUT2D eigenvalue weighted by molar-refractivity contribution is -0.145. The van der Waals surface area contributed by atoms with Crippen molar-refractivity contribution in [1.82, 2.24) is 4.57 Å². The predicted octanol–water partition coefficient (Wildman–Crippen LogP) is 3.64. The van der Waals surface area contributed by atoms with Crippen LogP contribution >= 0.6 is 0 Å². The smallest absolute Gasteiger partial charge is 0.328 e. The van der Waals surface area contributed by atoms with E-state index in [9.17, 15) is 18.0 Å². The van der Waals surface area contributed by atoms with Gasteiger partial charge in [0.2, 0.25) is 5.78 Å². The van der Waals surface area contributed by atoms with E-state index in [2.05, 4.69) is 0 Å². The molecule has 0 radical (unpaired) electrons. The second kappa shape index (κ2) is 8.14. The number of aromatic nitrogens is 1. The SMILES string of the molecule is CCn1c(C)cc(C(=O)COC(=O)C2(S(=O)(=O)c3ccccc3)CCCC2)c1C. The third-order valence-corrected chi connectivity index (χ3v) is 8.37. The monoisotopic (exact) mass is 417 g/mol. The van der Waals surface area contributed by atoms with Crippen LogP contribution in [0, 0.1) is 13.8 Å². The Bertz CT molecular complexity index is 1010. The van der Waals surface area contributed by atoms with E-state index < -0.39 is 27.2 Å². The second-order valence-electron chi connectivity index (χ2n) is 7.55. The highest BCUT2D eigenvalue weighted by Gasteiger charge is 2.54. The lowest BCUT2D eigenvalue weighted by atomic mass is 10.1. The van der Waals surface area contributed by atoms with Crippen LogP contribution in [0.3, 0.4) is 0 Å². The van der Waals surface area contributed by atoms with Crippen LogP contribution in [0.15, 0.2) is 41.3 Å². The average molecular weight is 418 g/mol. The first kappa shape index (κ1) is 21.3. The van der Waals surface area contributed by atoms with Crippen molar-refractivity contribution in [2.24, 2.45) is 0 Å². The Labute approximate surface area is 171 Å². The molecular weight excluding hydrogens is 390 g/mol. The maximum absolute atomic E-state index is 13.3. The molecule has 0 aliphatic heterocycles. The lowest BCUT2D eigenvalue weighted by Gasteiger charge is -2.26. The fraction of sp³-hybridized carbons (Fsp3) is 0.455. The van der Waals surface area contributed by atoms with Gasteiger partial charge in [-0.3, -0.25) is 9.59 Å². The van der Waals surface area contributed by atoms with Gasteiger partial charge in [-0.2, -0.15) is 0 Å². The van der Waals surface area contributed by atoms with E-state index in [1.54, 1.807) is 24.3 Å². The number of aryl methyl sites for hydroxylation is 1. The molecule has 0 bridgehead atoms. The van der Waals surface area contributed by atoms with Gasteiger partial charge in [-0.05, 0) is 51.8 Å². The molecule has 29 heavy (non-hydrogen) atoms. The van der Waals surface area contributed by atoms with Crippen molar-refractivity contribution in [3.63, 3.8) is 0 Å². The number of nitrogens with zero attached hydrogens (tertiary/aromatic N) is 1. The summed E-state index contributed by atoms with van der Waals surface area (Å²) in [4.78, 5) is 25.7. The fourth-order valence-corrected chi connectivity index (χ4v) is 6.34. The van der Waals surface area contributed by atoms with Crippen molar-refractivity contribution >= 4 is 21.6 Å². The Kier molecular flexibility index (Phi) is 5.98. The third-order valence-electron chi connectivity index (χ3n) is 5.88. The van der Waals surface area contributed by atoms with Gasteiger partial charge in [0, 0.05) is 23.5 Å². The summed E-state index contributed by atoms with van der Waals surface area (Å²) in [5.41, 5.74) is 2.28. The minimum absolute atomic E-state index is 0.108. The molecule has 1 aliphatic rings. The summed E-state index contributed by atoms with van der Waals surface area (Å²) in [7, 11) is -3.92. The molecule has 0 N–H and O–H groups in total. The van der Waals surface area contributed by atoms with E-state index in [0.717, 1.165) is 17.9 Å². The zero-order valence-electron chi connectivity index (χ0n) is 17.1. The first-order valence-electron chi connectivity index (χ1n) is 9.91. The van der Waals surface area contributed by atoms with Crippen LogP contribution in [0.1, 0.15) is 54.4 Å². The highest BCUT2D eigenvalue weighted by Crippen LogP contribution is 2.41. The number of Topliss-reactive ketones (excluding diaryl/α,β-unsaturated/α-hetero) is 1. The van der Waals surface area contributed by atoms with Crippen LogP contribution in [0.2, 0.25) is 0 Å². The van der Waals surface area contributed by atoms with E-state index in [4.69, 9.17) is 4.74 Å². The van der Waals surface area contributed by atoms with Gasteiger partial charge in [-0.1, -0.05) is 31.0 Å². The number of carbonyl (C=O) groups is 2. The van der Waals surface area contributed by atoms with Crippen molar-refractivity contribution in [3.05, 3.63) is 53.3 Å². The van der Waals surface area contributed by atoms with Crippen LogP contribution in [-0.4, -0.2) is 36.1 Å². The molecule has 0 atom stereocenters. The van der Waals surface area contributed by atoms with Crippen molar-refractivity contribution in [2.45, 2.75) is 62.6 Å². The molecule has 1 aromatic carbocycles. The normalized spacial score (nSPS) is 16.0. The van der Waals surface area contributed by atoms with Gasteiger partial charge in [0.1, 0.15) is 0 Å². The summed E-state index contributed by atoms with van der Waals surface area (Å²) in [5, 5.41) is 0.